The Bertz CT molecular complexity index is 7.61. The van der Waals surface area contributed by atoms with Gasteiger partial charge in [0.2, 0.25) is 0 Å². The molecule has 0 bridgehead atoms. The standard InChI is InChI=1S/2Cs.2Mn.O/q2*+1;;;-2. The molecule has 1 nitrogen and oxygen atoms in total. The minimum atomic E-state index is 0. The molecule has 0 saturated heterocycles. The SMILES string of the molecule is [Cs+].[Cs+].[Mn].[Mn].[O-2]. The Balaban J connectivity index is 0. The Morgan fingerprint density at radius 1 is 0.600 bits per heavy atom. The molecule has 0 aliphatic heterocycles. The van der Waals surface area contributed by atoms with Gasteiger partial charge >= 0.3 is 138 Å². The van der Waals surface area contributed by atoms with E-state index in [-0.39, 0.29) is 177 Å². The van der Waals surface area contributed by atoms with E-state index in [0.717, 1.165) is 0 Å². The van der Waals surface area contributed by atoms with Crippen LogP contribution in [0, 0.1) is 0 Å². The fourth-order valence-corrected chi connectivity index (χ4v) is 0. The second-order valence-corrected chi connectivity index (χ2v) is 0. The molecule has 22 valence electrons. The molecule has 0 aromatic rings. The van der Waals surface area contributed by atoms with Gasteiger partial charge in [-0.25, -0.2) is 0 Å². The maximum atomic E-state index is 0. The van der Waals surface area contributed by atoms with Gasteiger partial charge in [-0.05, 0) is 0 Å². The maximum Gasteiger partial charge on any atom is 1.00 e. The minimum absolute atomic E-state index is 0. The van der Waals surface area contributed by atoms with E-state index in [1.807, 2.05) is 0 Å². The van der Waals surface area contributed by atoms with Crippen molar-refractivity contribution in [2.75, 3.05) is 0 Å². The van der Waals surface area contributed by atoms with E-state index in [0.29, 0.717) is 0 Å². The van der Waals surface area contributed by atoms with Gasteiger partial charge in [-0.2, -0.15) is 0 Å². The van der Waals surface area contributed by atoms with Crippen molar-refractivity contribution in [2.45, 2.75) is 0 Å². The second-order valence-electron chi connectivity index (χ2n) is 0. The summed E-state index contributed by atoms with van der Waals surface area (Å²) in [5.41, 5.74) is 0. The summed E-state index contributed by atoms with van der Waals surface area (Å²) >= 11 is 0. The summed E-state index contributed by atoms with van der Waals surface area (Å²) < 4.78 is 0. The molecule has 0 unspecified atom stereocenters. The molecule has 2 radical (unpaired) electrons. The van der Waals surface area contributed by atoms with Gasteiger partial charge in [0.05, 0.1) is 0 Å². The van der Waals surface area contributed by atoms with Gasteiger partial charge in [0, 0.05) is 34.1 Å². The van der Waals surface area contributed by atoms with Crippen LogP contribution in [0.3, 0.4) is 0 Å². The molecule has 0 amide bonds. The molecule has 0 fully saturated rings. The van der Waals surface area contributed by atoms with Gasteiger partial charge in [-0.1, -0.05) is 0 Å². The van der Waals surface area contributed by atoms with E-state index >= 15 is 0 Å². The average molecular weight is 392 g/mol. The average Bonchev–Trinajstić information content (AvgIpc) is 0. The van der Waals surface area contributed by atoms with Crippen LogP contribution in [-0.4, -0.2) is 0 Å². The van der Waals surface area contributed by atoms with Crippen molar-refractivity contribution in [3.63, 3.8) is 0 Å². The fraction of sp³-hybridized carbons (Fsp3) is 0. The molecule has 0 saturated carbocycles. The first-order valence-corrected chi connectivity index (χ1v) is 0. The number of rotatable bonds is 0. The van der Waals surface area contributed by atoms with Crippen molar-refractivity contribution >= 4 is 0 Å². The predicted molar refractivity (Wildman–Crippen MR) is 0.686 cm³/mol. The molecule has 5 heteroatoms. The molecule has 0 aromatic heterocycles. The zero-order chi connectivity index (χ0) is 0. The summed E-state index contributed by atoms with van der Waals surface area (Å²) in [5, 5.41) is 0. The Morgan fingerprint density at radius 3 is 0.600 bits per heavy atom. The van der Waals surface area contributed by atoms with Gasteiger partial charge in [-0.15, -0.1) is 0 Å². The number of hydrogen-bond acceptors (Lipinski definition) is 0. The summed E-state index contributed by atoms with van der Waals surface area (Å²) in [7, 11) is 0. The third-order valence-corrected chi connectivity index (χ3v) is 0. The normalized spacial score (nSPS) is 0. The largest absolute Gasteiger partial charge is 2.00 e. The van der Waals surface area contributed by atoms with Crippen LogP contribution in [0.25, 0.3) is 0 Å². The van der Waals surface area contributed by atoms with Crippen molar-refractivity contribution in [3.8, 4) is 0 Å². The van der Waals surface area contributed by atoms with Gasteiger partial charge in [0.25, 0.3) is 0 Å². The van der Waals surface area contributed by atoms with Gasteiger partial charge in [0.15, 0.2) is 0 Å². The Hall–Kier alpha value is 5.10. The molecule has 0 heterocycles. The van der Waals surface area contributed by atoms with Crippen LogP contribution in [0.4, 0.5) is 0 Å². The van der Waals surface area contributed by atoms with Crippen LogP contribution in [0.5, 0.6) is 0 Å². The first kappa shape index (κ1) is 32.1. The van der Waals surface area contributed by atoms with E-state index in [4.69, 9.17) is 0 Å². The topological polar surface area (TPSA) is 28.5 Å². The van der Waals surface area contributed by atoms with E-state index in [1.165, 1.54) is 0 Å². The quantitative estimate of drug-likeness (QED) is 0.368. The monoisotopic (exact) mass is 392 g/mol. The minimum Gasteiger partial charge on any atom is -2.00 e. The van der Waals surface area contributed by atoms with Crippen molar-refractivity contribution in [1.82, 2.24) is 0 Å². The van der Waals surface area contributed by atoms with E-state index in [1.54, 1.807) is 0 Å². The Kier molecular flexibility index (Phi) is 148. The van der Waals surface area contributed by atoms with Crippen LogP contribution in [-0.2, 0) is 39.6 Å². The summed E-state index contributed by atoms with van der Waals surface area (Å²) in [6, 6.07) is 0. The second kappa shape index (κ2) is 23.0. The van der Waals surface area contributed by atoms with Gasteiger partial charge in [0.1, 0.15) is 0 Å². The summed E-state index contributed by atoms with van der Waals surface area (Å²) in [6.07, 6.45) is 0. The molecule has 0 aliphatic carbocycles. The fourth-order valence-electron chi connectivity index (χ4n) is 0. The smallest absolute Gasteiger partial charge is 1.00 e. The van der Waals surface area contributed by atoms with Gasteiger partial charge in [-0.3, -0.25) is 0 Å². The summed E-state index contributed by atoms with van der Waals surface area (Å²) in [4.78, 5) is 0. The molecule has 0 spiro atoms. The first-order valence-electron chi connectivity index (χ1n) is 0. The van der Waals surface area contributed by atoms with Crippen LogP contribution >= 0.6 is 0 Å². The van der Waals surface area contributed by atoms with E-state index < -0.39 is 0 Å². The van der Waals surface area contributed by atoms with Crippen molar-refractivity contribution in [1.29, 1.82) is 0 Å². The molecule has 0 aromatic carbocycles. The Morgan fingerprint density at radius 2 is 0.600 bits per heavy atom. The third-order valence-electron chi connectivity index (χ3n) is 0. The summed E-state index contributed by atoms with van der Waals surface area (Å²) in [5.74, 6) is 0. The molecule has 0 aliphatic rings. The molecule has 5 heavy (non-hydrogen) atoms. The first-order chi connectivity index (χ1) is 0. The zero-order valence-corrected chi connectivity index (χ0v) is 18.1. The molecule has 0 rings (SSSR count). The van der Waals surface area contributed by atoms with Gasteiger partial charge < -0.3 is 5.48 Å². The molecular weight excluding hydrogens is 392 g/mol. The van der Waals surface area contributed by atoms with Crippen molar-refractivity contribution in [2.24, 2.45) is 0 Å². The molecule has 0 atom stereocenters. The third kappa shape index (κ3) is 17.6. The molecule has 0 N–H and O–H groups in total. The van der Waals surface area contributed by atoms with Crippen LogP contribution in [0.15, 0.2) is 0 Å². The number of hydrogen-bond donors (Lipinski definition) is 0. The predicted octanol–water partition coefficient (Wildman–Crippen LogP) is -6.12. The van der Waals surface area contributed by atoms with Crippen LogP contribution in [0.2, 0.25) is 0 Å². The van der Waals surface area contributed by atoms with E-state index in [9.17, 15) is 0 Å². The summed E-state index contributed by atoms with van der Waals surface area (Å²) in [6.45, 7) is 0. The van der Waals surface area contributed by atoms with Crippen molar-refractivity contribution < 1.29 is 177 Å². The maximum absolute atomic E-state index is 0. The Labute approximate surface area is 171 Å². The van der Waals surface area contributed by atoms with Crippen molar-refractivity contribution in [3.05, 3.63) is 0 Å². The molecular formula is Cs2Mn2O. The van der Waals surface area contributed by atoms with Crippen LogP contribution < -0.4 is 138 Å². The van der Waals surface area contributed by atoms with E-state index in [2.05, 4.69) is 0 Å². The van der Waals surface area contributed by atoms with Crippen LogP contribution in [0.1, 0.15) is 0 Å². The zero-order valence-electron chi connectivity index (χ0n) is 3.16.